The van der Waals surface area contributed by atoms with Gasteiger partial charge in [-0.25, -0.2) is 4.98 Å². The number of nitrogens with zero attached hydrogens (tertiary/aromatic N) is 2. The second-order valence-electron chi connectivity index (χ2n) is 5.44. The number of nitrogens with one attached hydrogen (secondary N) is 1. The first-order valence-corrected chi connectivity index (χ1v) is 8.55. The van der Waals surface area contributed by atoms with Crippen LogP contribution in [0.25, 0.3) is 0 Å². The van der Waals surface area contributed by atoms with Crippen molar-refractivity contribution in [2.45, 2.75) is 12.6 Å². The summed E-state index contributed by atoms with van der Waals surface area (Å²) in [5.41, 5.74) is 1.05. The molecular weight excluding hydrogens is 322 g/mol. The van der Waals surface area contributed by atoms with Gasteiger partial charge < -0.3 is 14.0 Å². The highest BCUT2D eigenvalue weighted by Gasteiger charge is 2.20. The highest BCUT2D eigenvalue weighted by molar-refractivity contribution is 7.09. The Morgan fingerprint density at radius 3 is 2.50 bits per heavy atom. The number of benzene rings is 1. The fourth-order valence-corrected chi connectivity index (χ4v) is 3.28. The Labute approximate surface area is 145 Å². The lowest BCUT2D eigenvalue weighted by Gasteiger charge is -2.20. The topological polar surface area (TPSA) is 48.3 Å². The van der Waals surface area contributed by atoms with Gasteiger partial charge in [0.2, 0.25) is 0 Å². The second kappa shape index (κ2) is 7.51. The van der Waals surface area contributed by atoms with Crippen LogP contribution in [0, 0.1) is 0 Å². The largest absolute Gasteiger partial charge is 0.497 e. The number of rotatable bonds is 7. The van der Waals surface area contributed by atoms with Gasteiger partial charge in [0.15, 0.2) is 0 Å². The number of methoxy groups -OCH3 is 2. The van der Waals surface area contributed by atoms with E-state index in [2.05, 4.69) is 27.8 Å². The lowest BCUT2D eigenvalue weighted by Crippen LogP contribution is -2.24. The van der Waals surface area contributed by atoms with E-state index >= 15 is 0 Å². The minimum Gasteiger partial charge on any atom is -0.497 e. The summed E-state index contributed by atoms with van der Waals surface area (Å²) in [5, 5.41) is 5.68. The quantitative estimate of drug-likeness (QED) is 0.714. The van der Waals surface area contributed by atoms with Crippen LogP contribution in [0.3, 0.4) is 0 Å². The van der Waals surface area contributed by atoms with Crippen molar-refractivity contribution in [3.8, 4) is 11.5 Å². The maximum absolute atomic E-state index is 5.41. The highest BCUT2D eigenvalue weighted by atomic mass is 32.1. The van der Waals surface area contributed by atoms with Crippen LogP contribution in [0.2, 0.25) is 0 Å². The molecule has 0 bridgehead atoms. The van der Waals surface area contributed by atoms with Crippen LogP contribution in [0.15, 0.2) is 48.1 Å². The van der Waals surface area contributed by atoms with E-state index in [1.165, 1.54) is 4.88 Å². The Bertz CT molecular complexity index is 761. The fraction of sp³-hybridized carbons (Fsp3) is 0.278. The number of aromatic nitrogens is 2. The fourth-order valence-electron chi connectivity index (χ4n) is 2.63. The van der Waals surface area contributed by atoms with Crippen LogP contribution in [-0.2, 0) is 13.6 Å². The van der Waals surface area contributed by atoms with Crippen molar-refractivity contribution in [3.05, 3.63) is 64.4 Å². The smallest absolute Gasteiger partial charge is 0.130 e. The van der Waals surface area contributed by atoms with E-state index in [0.717, 1.165) is 29.4 Å². The third kappa shape index (κ3) is 3.60. The van der Waals surface area contributed by atoms with Gasteiger partial charge in [0.05, 0.1) is 20.3 Å². The minimum absolute atomic E-state index is 0.0592. The Balaban J connectivity index is 1.96. The first-order valence-electron chi connectivity index (χ1n) is 7.67. The number of imidazole rings is 1. The van der Waals surface area contributed by atoms with E-state index < -0.39 is 0 Å². The number of ether oxygens (including phenoxy) is 2. The van der Waals surface area contributed by atoms with E-state index in [0.29, 0.717) is 0 Å². The molecule has 0 aliphatic heterocycles. The highest BCUT2D eigenvalue weighted by Crippen LogP contribution is 2.29. The molecule has 0 saturated heterocycles. The van der Waals surface area contributed by atoms with Crippen molar-refractivity contribution >= 4 is 11.3 Å². The van der Waals surface area contributed by atoms with Gasteiger partial charge in [-0.05, 0) is 29.1 Å². The van der Waals surface area contributed by atoms with Crippen molar-refractivity contribution in [1.29, 1.82) is 0 Å². The Morgan fingerprint density at radius 2 is 1.96 bits per heavy atom. The zero-order valence-corrected chi connectivity index (χ0v) is 14.8. The third-order valence-electron chi connectivity index (χ3n) is 3.88. The summed E-state index contributed by atoms with van der Waals surface area (Å²) < 4.78 is 12.9. The minimum atomic E-state index is -0.0592. The first kappa shape index (κ1) is 16.5. The lowest BCUT2D eigenvalue weighted by molar-refractivity contribution is 0.392. The van der Waals surface area contributed by atoms with Crippen molar-refractivity contribution in [2.24, 2.45) is 7.05 Å². The van der Waals surface area contributed by atoms with Gasteiger partial charge >= 0.3 is 0 Å². The summed E-state index contributed by atoms with van der Waals surface area (Å²) >= 11 is 1.74. The van der Waals surface area contributed by atoms with Crippen LogP contribution >= 0.6 is 11.3 Å². The van der Waals surface area contributed by atoms with E-state index in [-0.39, 0.29) is 6.04 Å². The molecule has 2 aromatic heterocycles. The molecule has 6 heteroatoms. The number of hydrogen-bond donors (Lipinski definition) is 1. The normalized spacial score (nSPS) is 12.1. The first-order chi connectivity index (χ1) is 11.7. The summed E-state index contributed by atoms with van der Waals surface area (Å²) in [4.78, 5) is 5.81. The summed E-state index contributed by atoms with van der Waals surface area (Å²) in [5.74, 6) is 2.48. The zero-order chi connectivity index (χ0) is 16.9. The van der Waals surface area contributed by atoms with Crippen LogP contribution in [0.4, 0.5) is 0 Å². The molecule has 0 aliphatic carbocycles. The molecule has 0 aliphatic rings. The molecule has 5 nitrogen and oxygen atoms in total. The zero-order valence-electron chi connectivity index (χ0n) is 14.0. The summed E-state index contributed by atoms with van der Waals surface area (Å²) in [6.45, 7) is 0.773. The van der Waals surface area contributed by atoms with E-state index in [1.807, 2.05) is 42.2 Å². The van der Waals surface area contributed by atoms with Gasteiger partial charge in [-0.15, -0.1) is 11.3 Å². The average molecular weight is 343 g/mol. The van der Waals surface area contributed by atoms with E-state index in [9.17, 15) is 0 Å². The number of aryl methyl sites for hydroxylation is 1. The van der Waals surface area contributed by atoms with Crippen LogP contribution < -0.4 is 14.8 Å². The van der Waals surface area contributed by atoms with Crippen molar-refractivity contribution in [1.82, 2.24) is 14.9 Å². The molecule has 0 fully saturated rings. The maximum atomic E-state index is 5.41. The SMILES string of the molecule is COc1cc(OC)cc(C(NCc2cccs2)c2nccn2C)c1. The number of hydrogen-bond acceptors (Lipinski definition) is 5. The van der Waals surface area contributed by atoms with Crippen LogP contribution in [0.5, 0.6) is 11.5 Å². The monoisotopic (exact) mass is 343 g/mol. The molecule has 1 N–H and O–H groups in total. The van der Waals surface area contributed by atoms with Crippen LogP contribution in [0.1, 0.15) is 22.3 Å². The lowest BCUT2D eigenvalue weighted by atomic mass is 10.0. The van der Waals surface area contributed by atoms with Gasteiger partial charge in [-0.3, -0.25) is 5.32 Å². The Hall–Kier alpha value is -2.31. The molecule has 3 aromatic rings. The van der Waals surface area contributed by atoms with Gasteiger partial charge in [0, 0.05) is 36.9 Å². The summed E-state index contributed by atoms with van der Waals surface area (Å²) in [6.07, 6.45) is 3.76. The average Bonchev–Trinajstić information content (AvgIpc) is 3.27. The molecule has 2 heterocycles. The van der Waals surface area contributed by atoms with E-state index in [1.54, 1.807) is 25.6 Å². The van der Waals surface area contributed by atoms with Gasteiger partial charge in [0.1, 0.15) is 17.3 Å². The molecule has 0 amide bonds. The molecule has 126 valence electrons. The van der Waals surface area contributed by atoms with Crippen molar-refractivity contribution < 1.29 is 9.47 Å². The molecule has 1 unspecified atom stereocenters. The number of thiophene rings is 1. The molecule has 24 heavy (non-hydrogen) atoms. The van der Waals surface area contributed by atoms with Crippen LogP contribution in [-0.4, -0.2) is 23.8 Å². The molecule has 0 spiro atoms. The van der Waals surface area contributed by atoms with Crippen molar-refractivity contribution in [2.75, 3.05) is 14.2 Å². The molecule has 1 atom stereocenters. The van der Waals surface area contributed by atoms with Gasteiger partial charge in [-0.1, -0.05) is 6.07 Å². The standard InChI is InChI=1S/C18H21N3O2S/c1-21-7-6-19-18(21)17(20-12-16-5-4-8-24-16)13-9-14(22-2)11-15(10-13)23-3/h4-11,17,20H,12H2,1-3H3. The molecule has 3 rings (SSSR count). The Kier molecular flexibility index (Phi) is 5.17. The molecular formula is C18H21N3O2S. The second-order valence-corrected chi connectivity index (χ2v) is 6.47. The molecule has 1 aromatic carbocycles. The Morgan fingerprint density at radius 1 is 1.21 bits per heavy atom. The maximum Gasteiger partial charge on any atom is 0.130 e. The van der Waals surface area contributed by atoms with Gasteiger partial charge in [-0.2, -0.15) is 0 Å². The molecule has 0 saturated carbocycles. The van der Waals surface area contributed by atoms with Crippen molar-refractivity contribution in [3.63, 3.8) is 0 Å². The molecule has 0 radical (unpaired) electrons. The summed E-state index contributed by atoms with van der Waals surface area (Å²) in [6, 6.07) is 10.0. The van der Waals surface area contributed by atoms with E-state index in [4.69, 9.17) is 9.47 Å². The summed E-state index contributed by atoms with van der Waals surface area (Å²) in [7, 11) is 5.32. The van der Waals surface area contributed by atoms with Gasteiger partial charge in [0.25, 0.3) is 0 Å². The predicted octanol–water partition coefficient (Wildman–Crippen LogP) is 3.38. The predicted molar refractivity (Wildman–Crippen MR) is 95.8 cm³/mol. The third-order valence-corrected chi connectivity index (χ3v) is 4.76.